The second kappa shape index (κ2) is 8.77. The van der Waals surface area contributed by atoms with Crippen LogP contribution in [0, 0.1) is 12.7 Å². The first-order valence-corrected chi connectivity index (χ1v) is 11.4. The van der Waals surface area contributed by atoms with E-state index in [2.05, 4.69) is 20.7 Å². The lowest BCUT2D eigenvalue weighted by Gasteiger charge is -2.16. The number of pyridine rings is 1. The van der Waals surface area contributed by atoms with Crippen LogP contribution < -0.4 is 10.6 Å². The molecule has 0 amide bonds. The summed E-state index contributed by atoms with van der Waals surface area (Å²) >= 11 is 0. The number of anilines is 1. The summed E-state index contributed by atoms with van der Waals surface area (Å²) in [6, 6.07) is 8.01. The Morgan fingerprint density at radius 1 is 1.26 bits per heavy atom. The first-order chi connectivity index (χ1) is 16.4. The molecule has 3 N–H and O–H groups in total. The van der Waals surface area contributed by atoms with Crippen molar-refractivity contribution in [3.63, 3.8) is 0 Å². The number of aromatic nitrogens is 5. The summed E-state index contributed by atoms with van der Waals surface area (Å²) < 4.78 is 32.3. The number of imidazole rings is 1. The van der Waals surface area contributed by atoms with E-state index >= 15 is 0 Å². The minimum atomic E-state index is -1.08. The maximum Gasteiger partial charge on any atom is 0.161 e. The Balaban J connectivity index is 1.57. The summed E-state index contributed by atoms with van der Waals surface area (Å²) in [4.78, 5) is 9.20. The number of aliphatic hydroxyl groups excluding tert-OH is 1. The van der Waals surface area contributed by atoms with Gasteiger partial charge in [-0.25, -0.2) is 23.4 Å². The van der Waals surface area contributed by atoms with E-state index in [0.29, 0.717) is 34.8 Å². The van der Waals surface area contributed by atoms with Crippen molar-refractivity contribution in [2.24, 2.45) is 0 Å². The molecule has 1 aliphatic rings. The van der Waals surface area contributed by atoms with Gasteiger partial charge in [0.25, 0.3) is 0 Å². The molecule has 178 valence electrons. The van der Waals surface area contributed by atoms with Crippen molar-refractivity contribution in [2.75, 3.05) is 18.4 Å². The van der Waals surface area contributed by atoms with Crippen LogP contribution in [0.15, 0.2) is 36.7 Å². The largest absolute Gasteiger partial charge is 0.389 e. The Hall–Kier alpha value is -3.37. The van der Waals surface area contributed by atoms with Gasteiger partial charge in [-0.1, -0.05) is 6.92 Å². The molecule has 34 heavy (non-hydrogen) atoms. The molecular weight excluding hydrogens is 440 g/mol. The van der Waals surface area contributed by atoms with Gasteiger partial charge in [0.1, 0.15) is 24.1 Å². The number of benzene rings is 1. The lowest BCUT2D eigenvalue weighted by Crippen LogP contribution is -2.29. The second-order valence-electron chi connectivity index (χ2n) is 8.66. The minimum Gasteiger partial charge on any atom is -0.389 e. The highest BCUT2D eigenvalue weighted by atomic mass is 19.1. The molecular formula is C24H27F2N7O. The molecule has 0 saturated carbocycles. The Bertz CT molecular complexity index is 1350. The Morgan fingerprint density at radius 2 is 2.09 bits per heavy atom. The summed E-state index contributed by atoms with van der Waals surface area (Å²) in [6.45, 7) is 6.32. The second-order valence-corrected chi connectivity index (χ2v) is 8.66. The van der Waals surface area contributed by atoms with Crippen molar-refractivity contribution in [3.8, 4) is 11.6 Å². The van der Waals surface area contributed by atoms with Gasteiger partial charge >= 0.3 is 0 Å². The van der Waals surface area contributed by atoms with E-state index < -0.39 is 24.1 Å². The van der Waals surface area contributed by atoms with Gasteiger partial charge < -0.3 is 15.7 Å². The molecule has 1 saturated heterocycles. The summed E-state index contributed by atoms with van der Waals surface area (Å²) in [7, 11) is 0. The highest BCUT2D eigenvalue weighted by Crippen LogP contribution is 2.28. The highest BCUT2D eigenvalue weighted by Gasteiger charge is 2.27. The van der Waals surface area contributed by atoms with Crippen LogP contribution in [0.4, 0.5) is 14.5 Å². The maximum atomic E-state index is 15.0. The SMILES string of the molecule is CCc1cc(C)n(-c2nc(-n3cnc4cc(N[C@H]5CNC[C@H]5F)c(F)cc43)ccc2C(C)O)n1. The molecule has 3 aromatic heterocycles. The average Bonchev–Trinajstić information content (AvgIpc) is 3.52. The van der Waals surface area contributed by atoms with Gasteiger partial charge in [-0.15, -0.1) is 0 Å². The number of rotatable bonds is 6. The lowest BCUT2D eigenvalue weighted by molar-refractivity contribution is 0.198. The van der Waals surface area contributed by atoms with Crippen molar-refractivity contribution in [3.05, 3.63) is 59.4 Å². The third-order valence-electron chi connectivity index (χ3n) is 6.21. The molecule has 1 aliphatic heterocycles. The molecule has 0 aliphatic carbocycles. The highest BCUT2D eigenvalue weighted by molar-refractivity contribution is 5.81. The minimum absolute atomic E-state index is 0.214. The average molecular weight is 468 g/mol. The molecule has 0 radical (unpaired) electrons. The molecule has 4 heterocycles. The van der Waals surface area contributed by atoms with Crippen LogP contribution in [-0.2, 0) is 6.42 Å². The molecule has 5 rings (SSSR count). The number of aliphatic hydroxyl groups is 1. The molecule has 0 spiro atoms. The van der Waals surface area contributed by atoms with Gasteiger partial charge in [-0.2, -0.15) is 5.10 Å². The smallest absolute Gasteiger partial charge is 0.161 e. The molecule has 8 nitrogen and oxygen atoms in total. The van der Waals surface area contributed by atoms with Crippen LogP contribution in [0.25, 0.3) is 22.7 Å². The van der Waals surface area contributed by atoms with E-state index in [1.54, 1.807) is 40.7 Å². The lowest BCUT2D eigenvalue weighted by atomic mass is 10.1. The number of aryl methyl sites for hydroxylation is 2. The fourth-order valence-electron chi connectivity index (χ4n) is 4.32. The van der Waals surface area contributed by atoms with Crippen molar-refractivity contribution in [1.82, 2.24) is 29.6 Å². The third-order valence-corrected chi connectivity index (χ3v) is 6.21. The quantitative estimate of drug-likeness (QED) is 0.403. The predicted octanol–water partition coefficient (Wildman–Crippen LogP) is 3.39. The summed E-state index contributed by atoms with van der Waals surface area (Å²) in [5, 5.41) is 20.8. The van der Waals surface area contributed by atoms with Gasteiger partial charge in [0.05, 0.1) is 34.6 Å². The van der Waals surface area contributed by atoms with Crippen molar-refractivity contribution < 1.29 is 13.9 Å². The molecule has 10 heteroatoms. The third kappa shape index (κ3) is 3.92. The van der Waals surface area contributed by atoms with Crippen LogP contribution >= 0.6 is 0 Å². The van der Waals surface area contributed by atoms with Gasteiger partial charge in [-0.05, 0) is 44.5 Å². The summed E-state index contributed by atoms with van der Waals surface area (Å²) in [5.74, 6) is 0.525. The van der Waals surface area contributed by atoms with Crippen LogP contribution in [0.2, 0.25) is 0 Å². The number of nitrogens with zero attached hydrogens (tertiary/aromatic N) is 5. The van der Waals surface area contributed by atoms with E-state index in [4.69, 9.17) is 4.98 Å². The molecule has 0 bridgehead atoms. The summed E-state index contributed by atoms with van der Waals surface area (Å²) in [5.41, 5.74) is 3.74. The zero-order valence-corrected chi connectivity index (χ0v) is 19.3. The number of hydrogen-bond donors (Lipinski definition) is 3. The van der Waals surface area contributed by atoms with E-state index in [1.807, 2.05) is 19.9 Å². The monoisotopic (exact) mass is 467 g/mol. The zero-order valence-electron chi connectivity index (χ0n) is 19.3. The topological polar surface area (TPSA) is 92.8 Å². The zero-order chi connectivity index (χ0) is 24.0. The van der Waals surface area contributed by atoms with Crippen LogP contribution in [0.5, 0.6) is 0 Å². The Kier molecular flexibility index (Phi) is 5.78. The standard InChI is InChI=1S/C24H27F2N7O/c1-4-15-7-13(2)33(31-15)24-16(14(3)34)5-6-23(30-24)32-12-28-20-9-19(17(25)8-22(20)32)29-21-11-27-10-18(21)26/h5-9,12,14,18,21,27,29,34H,4,10-11H2,1-3H3/t14?,18-,21+/m1/s1. The van der Waals surface area contributed by atoms with Gasteiger partial charge in [0.15, 0.2) is 5.82 Å². The van der Waals surface area contributed by atoms with Crippen LogP contribution in [0.3, 0.4) is 0 Å². The maximum absolute atomic E-state index is 15.0. The predicted molar refractivity (Wildman–Crippen MR) is 126 cm³/mol. The van der Waals surface area contributed by atoms with Gasteiger partial charge in [-0.3, -0.25) is 4.57 Å². The van der Waals surface area contributed by atoms with Gasteiger partial charge in [0.2, 0.25) is 0 Å². The van der Waals surface area contributed by atoms with Crippen LogP contribution in [0.1, 0.15) is 36.9 Å². The van der Waals surface area contributed by atoms with Crippen molar-refractivity contribution in [2.45, 2.75) is 45.5 Å². The number of fused-ring (bicyclic) bond motifs is 1. The molecule has 1 aromatic carbocycles. The normalized spacial score (nSPS) is 19.1. The van der Waals surface area contributed by atoms with E-state index in [9.17, 15) is 13.9 Å². The van der Waals surface area contributed by atoms with E-state index in [-0.39, 0.29) is 12.2 Å². The van der Waals surface area contributed by atoms with Crippen molar-refractivity contribution in [1.29, 1.82) is 0 Å². The number of hydrogen-bond acceptors (Lipinski definition) is 6. The first-order valence-electron chi connectivity index (χ1n) is 11.4. The van der Waals surface area contributed by atoms with Crippen molar-refractivity contribution >= 4 is 16.7 Å². The Morgan fingerprint density at radius 3 is 2.76 bits per heavy atom. The molecule has 3 atom stereocenters. The fraction of sp³-hybridized carbons (Fsp3) is 0.375. The summed E-state index contributed by atoms with van der Waals surface area (Å²) in [6.07, 6.45) is 0.520. The number of alkyl halides is 1. The first kappa shape index (κ1) is 22.4. The number of halogens is 2. The molecule has 1 unspecified atom stereocenters. The van der Waals surface area contributed by atoms with Gasteiger partial charge in [0, 0.05) is 30.4 Å². The molecule has 4 aromatic rings. The molecule has 1 fully saturated rings. The van der Waals surface area contributed by atoms with E-state index in [0.717, 1.165) is 17.8 Å². The Labute approximate surface area is 195 Å². The fourth-order valence-corrected chi connectivity index (χ4v) is 4.32. The van der Waals surface area contributed by atoms with Crippen LogP contribution in [-0.4, -0.2) is 54.7 Å². The number of nitrogens with one attached hydrogen (secondary N) is 2. The van der Waals surface area contributed by atoms with E-state index in [1.165, 1.54) is 6.07 Å².